The Bertz CT molecular complexity index is 1030. The normalized spacial score (nSPS) is 18.5. The number of benzene rings is 2. The van der Waals surface area contributed by atoms with Gasteiger partial charge in [-0.2, -0.15) is 4.31 Å². The maximum atomic E-state index is 13.0. The lowest BCUT2D eigenvalue weighted by Crippen LogP contribution is -2.40. The van der Waals surface area contributed by atoms with Gasteiger partial charge in [0, 0.05) is 23.7 Å². The van der Waals surface area contributed by atoms with E-state index in [0.29, 0.717) is 31.3 Å². The average Bonchev–Trinajstić information content (AvgIpc) is 2.88. The highest BCUT2D eigenvalue weighted by molar-refractivity contribution is 7.94. The highest BCUT2D eigenvalue weighted by Crippen LogP contribution is 2.35. The number of fused-ring (bicyclic) bond motifs is 1. The fraction of sp³-hybridized carbons (Fsp3) is 0.222. The van der Waals surface area contributed by atoms with Crippen molar-refractivity contribution in [1.82, 2.24) is 4.90 Å². The Morgan fingerprint density at radius 1 is 1.04 bits per heavy atom. The van der Waals surface area contributed by atoms with Crippen molar-refractivity contribution in [2.75, 3.05) is 30.6 Å². The van der Waals surface area contributed by atoms with Crippen LogP contribution in [-0.2, 0) is 14.8 Å². The molecule has 2 heterocycles. The fourth-order valence-corrected chi connectivity index (χ4v) is 4.89. The second-order valence-corrected chi connectivity index (χ2v) is 8.36. The number of rotatable bonds is 2. The number of sulfonamides is 1. The maximum absolute atomic E-state index is 13.0. The van der Waals surface area contributed by atoms with Crippen LogP contribution in [0.25, 0.3) is 0 Å². The Hall–Kier alpha value is -2.42. The van der Waals surface area contributed by atoms with Crippen molar-refractivity contribution >= 4 is 39.1 Å². The molecule has 0 spiro atoms. The number of hydrogen-bond donors (Lipinski definition) is 0. The van der Waals surface area contributed by atoms with Crippen molar-refractivity contribution in [3.63, 3.8) is 0 Å². The van der Waals surface area contributed by atoms with Gasteiger partial charge >= 0.3 is 0 Å². The van der Waals surface area contributed by atoms with Gasteiger partial charge < -0.3 is 9.64 Å². The van der Waals surface area contributed by atoms with Crippen molar-refractivity contribution in [3.05, 3.63) is 58.6 Å². The van der Waals surface area contributed by atoms with Crippen LogP contribution in [0.15, 0.2) is 47.4 Å². The number of nitrogens with zero attached hydrogens (tertiary/aromatic N) is 2. The third-order valence-electron chi connectivity index (χ3n) is 4.52. The Kier molecular flexibility index (Phi) is 4.41. The van der Waals surface area contributed by atoms with Crippen LogP contribution in [0.1, 0.15) is 20.7 Å². The molecule has 2 aromatic carbocycles. The summed E-state index contributed by atoms with van der Waals surface area (Å²) < 4.78 is 31.9. The van der Waals surface area contributed by atoms with Crippen molar-refractivity contribution < 1.29 is 22.7 Å². The minimum Gasteiger partial charge on any atom is -0.378 e. The lowest BCUT2D eigenvalue weighted by Gasteiger charge is -2.26. The van der Waals surface area contributed by atoms with Gasteiger partial charge in [0.2, 0.25) is 0 Å². The van der Waals surface area contributed by atoms with E-state index in [0.717, 1.165) is 4.31 Å². The summed E-state index contributed by atoms with van der Waals surface area (Å²) >= 11 is 5.84. The zero-order valence-electron chi connectivity index (χ0n) is 14.1. The number of halogens is 1. The summed E-state index contributed by atoms with van der Waals surface area (Å²) in [6, 6.07) is 10.1. The summed E-state index contributed by atoms with van der Waals surface area (Å²) in [6.07, 6.45) is 0. The Morgan fingerprint density at radius 2 is 1.70 bits per heavy atom. The van der Waals surface area contributed by atoms with Gasteiger partial charge in [-0.1, -0.05) is 11.6 Å². The van der Waals surface area contributed by atoms with Gasteiger partial charge in [-0.05, 0) is 42.5 Å². The number of anilines is 1. The topological polar surface area (TPSA) is 84.0 Å². The zero-order valence-corrected chi connectivity index (χ0v) is 15.7. The van der Waals surface area contributed by atoms with E-state index in [9.17, 15) is 18.0 Å². The standard InChI is InChI=1S/C18H15ClN2O5S/c19-13-2-4-14(5-3-13)21-18(23)15-6-1-12(11-16(15)27(21,24)25)17(22)20-7-9-26-10-8-20/h1-6,11H,7-10H2. The first-order chi connectivity index (χ1) is 12.9. The molecule has 0 aliphatic carbocycles. The third-order valence-corrected chi connectivity index (χ3v) is 6.52. The van der Waals surface area contributed by atoms with E-state index in [-0.39, 0.29) is 27.6 Å². The number of amides is 2. The maximum Gasteiger partial charge on any atom is 0.273 e. The second kappa shape index (κ2) is 6.63. The minimum atomic E-state index is -4.10. The summed E-state index contributed by atoms with van der Waals surface area (Å²) in [5.41, 5.74) is 0.468. The molecule has 0 atom stereocenters. The molecule has 7 nitrogen and oxygen atoms in total. The lowest BCUT2D eigenvalue weighted by atomic mass is 10.1. The predicted octanol–water partition coefficient (Wildman–Crippen LogP) is 2.16. The number of hydrogen-bond acceptors (Lipinski definition) is 5. The van der Waals surface area contributed by atoms with Gasteiger partial charge in [0.15, 0.2) is 0 Å². The highest BCUT2D eigenvalue weighted by Gasteiger charge is 2.42. The molecule has 1 fully saturated rings. The summed E-state index contributed by atoms with van der Waals surface area (Å²) in [4.78, 5) is 26.8. The predicted molar refractivity (Wildman–Crippen MR) is 98.6 cm³/mol. The molecular formula is C18H15ClN2O5S. The van der Waals surface area contributed by atoms with Gasteiger partial charge in [-0.3, -0.25) is 9.59 Å². The molecule has 0 aromatic heterocycles. The molecule has 4 rings (SSSR count). The van der Waals surface area contributed by atoms with Crippen LogP contribution < -0.4 is 4.31 Å². The zero-order chi connectivity index (χ0) is 19.2. The van der Waals surface area contributed by atoms with E-state index >= 15 is 0 Å². The Labute approximate surface area is 161 Å². The first kappa shape index (κ1) is 18.0. The first-order valence-electron chi connectivity index (χ1n) is 8.26. The molecule has 0 saturated carbocycles. The van der Waals surface area contributed by atoms with Crippen molar-refractivity contribution in [2.24, 2.45) is 0 Å². The molecule has 2 aromatic rings. The summed E-state index contributed by atoms with van der Waals surface area (Å²) in [6.45, 7) is 1.77. The minimum absolute atomic E-state index is 0.0449. The average molecular weight is 407 g/mol. The highest BCUT2D eigenvalue weighted by atomic mass is 35.5. The molecule has 27 heavy (non-hydrogen) atoms. The van der Waals surface area contributed by atoms with E-state index in [2.05, 4.69) is 0 Å². The molecule has 0 bridgehead atoms. The number of ether oxygens (including phenoxy) is 1. The number of carbonyl (C=O) groups excluding carboxylic acids is 2. The fourth-order valence-electron chi connectivity index (χ4n) is 3.14. The third kappa shape index (κ3) is 2.99. The van der Waals surface area contributed by atoms with Gasteiger partial charge in [-0.15, -0.1) is 0 Å². The Balaban J connectivity index is 1.73. The van der Waals surface area contributed by atoms with Crippen molar-refractivity contribution in [3.8, 4) is 0 Å². The SMILES string of the molecule is O=C(c1ccc2c(c1)S(=O)(=O)N(c1ccc(Cl)cc1)C2=O)N1CCOCC1. The molecule has 2 amide bonds. The van der Waals surface area contributed by atoms with Crippen LogP contribution in [0.4, 0.5) is 5.69 Å². The largest absolute Gasteiger partial charge is 0.378 e. The van der Waals surface area contributed by atoms with Crippen LogP contribution in [-0.4, -0.2) is 51.4 Å². The van der Waals surface area contributed by atoms with Gasteiger partial charge in [0.1, 0.15) is 4.90 Å². The van der Waals surface area contributed by atoms with Gasteiger partial charge in [0.05, 0.1) is 24.5 Å². The molecular weight excluding hydrogens is 392 g/mol. The van der Waals surface area contributed by atoms with Crippen LogP contribution in [0.5, 0.6) is 0 Å². The van der Waals surface area contributed by atoms with E-state index in [1.54, 1.807) is 4.90 Å². The lowest BCUT2D eigenvalue weighted by molar-refractivity contribution is 0.0302. The second-order valence-electron chi connectivity index (χ2n) is 6.17. The number of morpholine rings is 1. The summed E-state index contributed by atoms with van der Waals surface area (Å²) in [5.74, 6) is -0.939. The Morgan fingerprint density at radius 3 is 2.37 bits per heavy atom. The first-order valence-corrected chi connectivity index (χ1v) is 10.1. The van der Waals surface area contributed by atoms with Crippen LogP contribution >= 0.6 is 11.6 Å². The summed E-state index contributed by atoms with van der Waals surface area (Å²) in [7, 11) is -4.10. The van der Waals surface area contributed by atoms with E-state index in [1.807, 2.05) is 0 Å². The molecule has 2 aliphatic heterocycles. The molecule has 2 aliphatic rings. The number of carbonyl (C=O) groups is 2. The van der Waals surface area contributed by atoms with E-state index in [1.165, 1.54) is 42.5 Å². The van der Waals surface area contributed by atoms with Crippen molar-refractivity contribution in [2.45, 2.75) is 4.90 Å². The van der Waals surface area contributed by atoms with Crippen LogP contribution in [0, 0.1) is 0 Å². The summed E-state index contributed by atoms with van der Waals surface area (Å²) in [5, 5.41) is 0.429. The van der Waals surface area contributed by atoms with Gasteiger partial charge in [0.25, 0.3) is 21.8 Å². The monoisotopic (exact) mass is 406 g/mol. The molecule has 9 heteroatoms. The van der Waals surface area contributed by atoms with Crippen LogP contribution in [0.3, 0.4) is 0 Å². The van der Waals surface area contributed by atoms with E-state index in [4.69, 9.17) is 16.3 Å². The quantitative estimate of drug-likeness (QED) is 0.763. The molecule has 140 valence electrons. The van der Waals surface area contributed by atoms with Crippen LogP contribution in [0.2, 0.25) is 5.02 Å². The van der Waals surface area contributed by atoms with Gasteiger partial charge in [-0.25, -0.2) is 8.42 Å². The smallest absolute Gasteiger partial charge is 0.273 e. The molecule has 1 saturated heterocycles. The molecule has 0 unspecified atom stereocenters. The van der Waals surface area contributed by atoms with E-state index < -0.39 is 15.9 Å². The molecule has 0 radical (unpaired) electrons. The van der Waals surface area contributed by atoms with Crippen molar-refractivity contribution in [1.29, 1.82) is 0 Å². The molecule has 0 N–H and O–H groups in total.